The lowest BCUT2D eigenvalue weighted by Gasteiger charge is -2.23. The topological polar surface area (TPSA) is 53.8 Å². The molecule has 2 rings (SSSR count). The maximum absolute atomic E-state index is 9.11. The van der Waals surface area contributed by atoms with E-state index in [0.29, 0.717) is 16.6 Å². The summed E-state index contributed by atoms with van der Waals surface area (Å²) in [6.45, 7) is -0.0473. The van der Waals surface area contributed by atoms with Crippen molar-refractivity contribution in [3.8, 4) is 0 Å². The smallest absolute Gasteiger partial charge is 0.195 e. The molecule has 0 spiro atoms. The lowest BCUT2D eigenvalue weighted by atomic mass is 10.2. The van der Waals surface area contributed by atoms with Gasteiger partial charge in [0, 0.05) is 11.8 Å². The number of aromatic nitrogens is 3. The minimum Gasteiger partial charge on any atom is -0.388 e. The van der Waals surface area contributed by atoms with E-state index < -0.39 is 0 Å². The number of thioether (sulfide) groups is 1. The Labute approximate surface area is 91.7 Å². The van der Waals surface area contributed by atoms with Gasteiger partial charge in [-0.05, 0) is 30.8 Å². The average molecular weight is 231 g/mol. The molecule has 1 aromatic rings. The Morgan fingerprint density at radius 2 is 2.57 bits per heavy atom. The van der Waals surface area contributed by atoms with Crippen LogP contribution >= 0.6 is 24.0 Å². The van der Waals surface area contributed by atoms with Gasteiger partial charge in [0.2, 0.25) is 0 Å². The molecule has 0 aliphatic carbocycles. The van der Waals surface area contributed by atoms with Crippen LogP contribution in [0.5, 0.6) is 0 Å². The standard InChI is InChI=1S/C8H13N3OS2/c12-4-7-9-10-8(13)11(7)6-2-1-3-14-5-6/h6,12H,1-5H2,(H,10,13). The number of hydrogen-bond donors (Lipinski definition) is 2. The molecular formula is C8H13N3OS2. The minimum absolute atomic E-state index is 0.0473. The first-order valence-corrected chi connectivity index (χ1v) is 6.23. The fraction of sp³-hybridized carbons (Fsp3) is 0.750. The molecule has 0 bridgehead atoms. The molecule has 14 heavy (non-hydrogen) atoms. The van der Waals surface area contributed by atoms with Gasteiger partial charge in [-0.2, -0.15) is 16.9 Å². The summed E-state index contributed by atoms with van der Waals surface area (Å²) in [6.07, 6.45) is 2.35. The maximum atomic E-state index is 9.11. The molecule has 6 heteroatoms. The first-order chi connectivity index (χ1) is 6.83. The number of aliphatic hydroxyl groups excluding tert-OH is 1. The molecule has 1 aliphatic rings. The van der Waals surface area contributed by atoms with E-state index in [-0.39, 0.29) is 6.61 Å². The summed E-state index contributed by atoms with van der Waals surface area (Å²) in [5.41, 5.74) is 0. The first-order valence-electron chi connectivity index (χ1n) is 4.67. The van der Waals surface area contributed by atoms with Crippen molar-refractivity contribution in [3.05, 3.63) is 10.6 Å². The largest absolute Gasteiger partial charge is 0.388 e. The summed E-state index contributed by atoms with van der Waals surface area (Å²) in [6, 6.07) is 0.405. The first kappa shape index (κ1) is 10.2. The third kappa shape index (κ3) is 1.87. The van der Waals surface area contributed by atoms with Gasteiger partial charge in [-0.25, -0.2) is 0 Å². The maximum Gasteiger partial charge on any atom is 0.195 e. The molecule has 1 saturated heterocycles. The van der Waals surface area contributed by atoms with E-state index in [1.807, 2.05) is 16.3 Å². The number of nitrogens with zero attached hydrogens (tertiary/aromatic N) is 2. The Morgan fingerprint density at radius 1 is 1.71 bits per heavy atom. The second-order valence-corrected chi connectivity index (χ2v) is 4.88. The Bertz CT molecular complexity index is 354. The molecular weight excluding hydrogens is 218 g/mol. The van der Waals surface area contributed by atoms with Crippen molar-refractivity contribution in [1.29, 1.82) is 0 Å². The Morgan fingerprint density at radius 3 is 3.21 bits per heavy atom. The normalized spacial score (nSPS) is 22.5. The van der Waals surface area contributed by atoms with Gasteiger partial charge < -0.3 is 5.11 Å². The van der Waals surface area contributed by atoms with Crippen molar-refractivity contribution in [2.24, 2.45) is 0 Å². The Balaban J connectivity index is 2.28. The summed E-state index contributed by atoms with van der Waals surface area (Å²) in [5, 5.41) is 15.8. The van der Waals surface area contributed by atoms with Crippen LogP contribution in [0.3, 0.4) is 0 Å². The number of H-pyrrole nitrogens is 1. The third-order valence-corrected chi connectivity index (χ3v) is 3.91. The fourth-order valence-corrected chi connectivity index (χ4v) is 3.18. The van der Waals surface area contributed by atoms with Gasteiger partial charge in [0.05, 0.1) is 0 Å². The average Bonchev–Trinajstić information content (AvgIpc) is 2.61. The second-order valence-electron chi connectivity index (χ2n) is 3.34. The number of rotatable bonds is 2. The van der Waals surface area contributed by atoms with Crippen molar-refractivity contribution >= 4 is 24.0 Å². The van der Waals surface area contributed by atoms with Gasteiger partial charge in [-0.1, -0.05) is 0 Å². The highest BCUT2D eigenvalue weighted by Gasteiger charge is 2.19. The number of aromatic amines is 1. The fourth-order valence-electron chi connectivity index (χ4n) is 1.75. The molecule has 0 saturated carbocycles. The van der Waals surface area contributed by atoms with Crippen LogP contribution in [-0.2, 0) is 6.61 Å². The van der Waals surface area contributed by atoms with Crippen LogP contribution in [0.2, 0.25) is 0 Å². The SMILES string of the molecule is OCc1n[nH]c(=S)n1C1CCCSC1. The zero-order valence-electron chi connectivity index (χ0n) is 7.77. The zero-order chi connectivity index (χ0) is 9.97. The Kier molecular flexibility index (Phi) is 3.25. The van der Waals surface area contributed by atoms with Gasteiger partial charge in [0.15, 0.2) is 10.6 Å². The molecule has 0 radical (unpaired) electrons. The molecule has 0 aromatic carbocycles. The quantitative estimate of drug-likeness (QED) is 0.757. The van der Waals surface area contributed by atoms with Gasteiger partial charge in [0.25, 0.3) is 0 Å². The summed E-state index contributed by atoms with van der Waals surface area (Å²) in [4.78, 5) is 0. The van der Waals surface area contributed by atoms with Crippen LogP contribution in [-0.4, -0.2) is 31.4 Å². The van der Waals surface area contributed by atoms with Crippen molar-refractivity contribution in [2.45, 2.75) is 25.5 Å². The molecule has 2 N–H and O–H groups in total. The van der Waals surface area contributed by atoms with E-state index in [9.17, 15) is 0 Å². The van der Waals surface area contributed by atoms with Crippen LogP contribution < -0.4 is 0 Å². The van der Waals surface area contributed by atoms with E-state index >= 15 is 0 Å². The van der Waals surface area contributed by atoms with Crippen molar-refractivity contribution in [1.82, 2.24) is 14.8 Å². The molecule has 1 aliphatic heterocycles. The number of aliphatic hydroxyl groups is 1. The van der Waals surface area contributed by atoms with Crippen LogP contribution in [0.25, 0.3) is 0 Å². The minimum atomic E-state index is -0.0473. The van der Waals surface area contributed by atoms with Gasteiger partial charge in [0.1, 0.15) is 6.61 Å². The lowest BCUT2D eigenvalue weighted by molar-refractivity contribution is 0.259. The predicted octanol–water partition coefficient (Wildman–Crippen LogP) is 1.50. The summed E-state index contributed by atoms with van der Waals surface area (Å²) in [5.74, 6) is 2.96. The molecule has 78 valence electrons. The van der Waals surface area contributed by atoms with Crippen molar-refractivity contribution < 1.29 is 5.11 Å². The van der Waals surface area contributed by atoms with Crippen LogP contribution in [0.1, 0.15) is 24.7 Å². The van der Waals surface area contributed by atoms with E-state index in [0.717, 1.165) is 12.2 Å². The van der Waals surface area contributed by atoms with Crippen LogP contribution in [0.4, 0.5) is 0 Å². The number of hydrogen-bond acceptors (Lipinski definition) is 4. The lowest BCUT2D eigenvalue weighted by Crippen LogP contribution is -2.18. The predicted molar refractivity (Wildman–Crippen MR) is 58.9 cm³/mol. The number of nitrogens with one attached hydrogen (secondary N) is 1. The highest BCUT2D eigenvalue weighted by molar-refractivity contribution is 7.99. The molecule has 4 nitrogen and oxygen atoms in total. The monoisotopic (exact) mass is 231 g/mol. The molecule has 0 amide bonds. The third-order valence-electron chi connectivity index (χ3n) is 2.42. The summed E-state index contributed by atoms with van der Waals surface area (Å²) < 4.78 is 2.59. The van der Waals surface area contributed by atoms with Gasteiger partial charge in [-0.3, -0.25) is 9.67 Å². The Hall–Kier alpha value is -0.330. The highest BCUT2D eigenvalue weighted by Crippen LogP contribution is 2.27. The van der Waals surface area contributed by atoms with Crippen molar-refractivity contribution in [2.75, 3.05) is 11.5 Å². The van der Waals surface area contributed by atoms with Crippen molar-refractivity contribution in [3.63, 3.8) is 0 Å². The molecule has 2 heterocycles. The highest BCUT2D eigenvalue weighted by atomic mass is 32.2. The van der Waals surface area contributed by atoms with E-state index in [4.69, 9.17) is 17.3 Å². The molecule has 1 aromatic heterocycles. The molecule has 1 atom stereocenters. The van der Waals surface area contributed by atoms with Crippen LogP contribution in [0.15, 0.2) is 0 Å². The van der Waals surface area contributed by atoms with E-state index in [1.54, 1.807) is 0 Å². The van der Waals surface area contributed by atoms with E-state index in [2.05, 4.69) is 10.2 Å². The van der Waals surface area contributed by atoms with Gasteiger partial charge in [-0.15, -0.1) is 0 Å². The van der Waals surface area contributed by atoms with Gasteiger partial charge >= 0.3 is 0 Å². The second kappa shape index (κ2) is 4.46. The summed E-state index contributed by atoms with van der Waals surface area (Å²) >= 11 is 7.08. The molecule has 1 fully saturated rings. The summed E-state index contributed by atoms with van der Waals surface area (Å²) in [7, 11) is 0. The zero-order valence-corrected chi connectivity index (χ0v) is 9.40. The van der Waals surface area contributed by atoms with Crippen LogP contribution in [0, 0.1) is 4.77 Å². The van der Waals surface area contributed by atoms with E-state index in [1.165, 1.54) is 12.2 Å². The molecule has 1 unspecified atom stereocenters.